The van der Waals surface area contributed by atoms with E-state index in [9.17, 15) is 4.79 Å². The Kier molecular flexibility index (Phi) is 3.59. The van der Waals surface area contributed by atoms with E-state index in [2.05, 4.69) is 10.4 Å². The average molecular weight is 284 g/mol. The number of anilines is 1. The van der Waals surface area contributed by atoms with Crippen molar-refractivity contribution in [3.05, 3.63) is 45.7 Å². The van der Waals surface area contributed by atoms with E-state index < -0.39 is 0 Å². The Morgan fingerprint density at radius 3 is 2.72 bits per heavy atom. The van der Waals surface area contributed by atoms with Crippen LogP contribution in [0.2, 0.25) is 10.0 Å². The van der Waals surface area contributed by atoms with Gasteiger partial charge >= 0.3 is 0 Å². The van der Waals surface area contributed by atoms with Gasteiger partial charge in [-0.05, 0) is 25.1 Å². The molecule has 1 aromatic heterocycles. The summed E-state index contributed by atoms with van der Waals surface area (Å²) < 4.78 is 1.59. The molecule has 1 aromatic carbocycles. The maximum Gasteiger partial charge on any atom is 0.259 e. The molecule has 18 heavy (non-hydrogen) atoms. The van der Waals surface area contributed by atoms with Gasteiger partial charge in [0.25, 0.3) is 5.91 Å². The maximum atomic E-state index is 12.0. The number of hydrogen-bond donors (Lipinski definition) is 1. The fourth-order valence-electron chi connectivity index (χ4n) is 1.61. The summed E-state index contributed by atoms with van der Waals surface area (Å²) in [5, 5.41) is 7.77. The Labute approximate surface area is 115 Å². The molecule has 0 saturated heterocycles. The van der Waals surface area contributed by atoms with Crippen molar-refractivity contribution in [3.63, 3.8) is 0 Å². The van der Waals surface area contributed by atoms with Gasteiger partial charge in [-0.1, -0.05) is 23.2 Å². The third kappa shape index (κ3) is 2.66. The maximum absolute atomic E-state index is 12.0. The van der Waals surface area contributed by atoms with E-state index in [1.807, 2.05) is 0 Å². The molecule has 0 unspecified atom stereocenters. The summed E-state index contributed by atoms with van der Waals surface area (Å²) in [6.45, 7) is 1.77. The molecule has 0 bridgehead atoms. The fourth-order valence-corrected chi connectivity index (χ4v) is 1.94. The minimum absolute atomic E-state index is 0.259. The number of amides is 1. The number of aromatic nitrogens is 2. The van der Waals surface area contributed by atoms with Crippen LogP contribution < -0.4 is 5.32 Å². The Morgan fingerprint density at radius 1 is 1.39 bits per heavy atom. The molecule has 0 spiro atoms. The number of rotatable bonds is 2. The van der Waals surface area contributed by atoms with Crippen LogP contribution in [0.15, 0.2) is 24.4 Å². The van der Waals surface area contributed by atoms with Crippen molar-refractivity contribution in [2.45, 2.75) is 6.92 Å². The van der Waals surface area contributed by atoms with Crippen molar-refractivity contribution in [3.8, 4) is 0 Å². The number of aryl methyl sites for hydroxylation is 2. The van der Waals surface area contributed by atoms with E-state index >= 15 is 0 Å². The normalized spacial score (nSPS) is 10.4. The van der Waals surface area contributed by atoms with E-state index in [1.165, 1.54) is 0 Å². The summed E-state index contributed by atoms with van der Waals surface area (Å²) in [6.07, 6.45) is 1.66. The zero-order valence-corrected chi connectivity index (χ0v) is 11.4. The summed E-state index contributed by atoms with van der Waals surface area (Å²) in [5.74, 6) is -0.259. The molecule has 0 atom stereocenters. The molecule has 1 N–H and O–H groups in total. The van der Waals surface area contributed by atoms with Gasteiger partial charge in [-0.2, -0.15) is 5.10 Å². The lowest BCUT2D eigenvalue weighted by molar-refractivity contribution is 0.102. The van der Waals surface area contributed by atoms with Crippen LogP contribution in [0.5, 0.6) is 0 Å². The largest absolute Gasteiger partial charge is 0.320 e. The second-order valence-corrected chi connectivity index (χ2v) is 4.72. The van der Waals surface area contributed by atoms with Crippen molar-refractivity contribution in [1.29, 1.82) is 0 Å². The highest BCUT2D eigenvalue weighted by Gasteiger charge is 2.14. The van der Waals surface area contributed by atoms with Gasteiger partial charge in [-0.3, -0.25) is 9.48 Å². The standard InChI is InChI=1S/C12H11Cl2N3O/c1-7-9(6-17(2)16-7)12(18)15-11-5-8(13)3-4-10(11)14/h3-6H,1-2H3,(H,15,18). The summed E-state index contributed by atoms with van der Waals surface area (Å²) in [7, 11) is 1.76. The van der Waals surface area contributed by atoms with Crippen LogP contribution in [0.4, 0.5) is 5.69 Å². The first-order valence-electron chi connectivity index (χ1n) is 5.24. The number of benzene rings is 1. The van der Waals surface area contributed by atoms with Crippen LogP contribution in [0, 0.1) is 6.92 Å². The number of nitrogens with zero attached hydrogens (tertiary/aromatic N) is 2. The molecule has 0 aliphatic rings. The van der Waals surface area contributed by atoms with Gasteiger partial charge < -0.3 is 5.32 Å². The van der Waals surface area contributed by atoms with Crippen molar-refractivity contribution in [2.24, 2.45) is 7.05 Å². The molecule has 2 aromatic rings. The Hall–Kier alpha value is -1.52. The molecule has 2 rings (SSSR count). The van der Waals surface area contributed by atoms with E-state index in [0.717, 1.165) is 0 Å². The quantitative estimate of drug-likeness (QED) is 0.919. The van der Waals surface area contributed by atoms with Gasteiger partial charge in [-0.15, -0.1) is 0 Å². The topological polar surface area (TPSA) is 46.9 Å². The predicted molar refractivity (Wildman–Crippen MR) is 72.4 cm³/mol. The van der Waals surface area contributed by atoms with Gasteiger partial charge in [0.2, 0.25) is 0 Å². The molecule has 1 heterocycles. The molecular weight excluding hydrogens is 273 g/mol. The second-order valence-electron chi connectivity index (χ2n) is 3.88. The number of carbonyl (C=O) groups is 1. The van der Waals surface area contributed by atoms with Gasteiger partial charge in [-0.25, -0.2) is 0 Å². The van der Waals surface area contributed by atoms with Crippen molar-refractivity contribution in [1.82, 2.24) is 9.78 Å². The number of halogens is 2. The molecule has 4 nitrogen and oxygen atoms in total. The predicted octanol–water partition coefficient (Wildman–Crippen LogP) is 3.29. The molecular formula is C12H11Cl2N3O. The third-order valence-corrected chi connectivity index (χ3v) is 3.00. The summed E-state index contributed by atoms with van der Waals surface area (Å²) in [6, 6.07) is 4.90. The number of hydrogen-bond acceptors (Lipinski definition) is 2. The summed E-state index contributed by atoms with van der Waals surface area (Å²) in [5.41, 5.74) is 1.65. The average Bonchev–Trinajstić information content (AvgIpc) is 2.63. The summed E-state index contributed by atoms with van der Waals surface area (Å²) >= 11 is 11.8. The van der Waals surface area contributed by atoms with Crippen molar-refractivity contribution < 1.29 is 4.79 Å². The Bertz CT molecular complexity index is 607. The zero-order chi connectivity index (χ0) is 13.3. The fraction of sp³-hybridized carbons (Fsp3) is 0.167. The van der Waals surface area contributed by atoms with Crippen LogP contribution in [-0.2, 0) is 7.05 Å². The molecule has 0 aliphatic carbocycles. The first-order chi connectivity index (χ1) is 8.47. The SMILES string of the molecule is Cc1nn(C)cc1C(=O)Nc1cc(Cl)ccc1Cl. The highest BCUT2D eigenvalue weighted by atomic mass is 35.5. The van der Waals surface area contributed by atoms with Crippen LogP contribution >= 0.6 is 23.2 Å². The molecule has 94 valence electrons. The highest BCUT2D eigenvalue weighted by molar-refractivity contribution is 6.35. The van der Waals surface area contributed by atoms with E-state index in [0.29, 0.717) is 27.0 Å². The van der Waals surface area contributed by atoms with Crippen LogP contribution in [0.3, 0.4) is 0 Å². The van der Waals surface area contributed by atoms with Gasteiger partial charge in [0, 0.05) is 18.3 Å². The van der Waals surface area contributed by atoms with Gasteiger partial charge in [0.05, 0.1) is 22.0 Å². The first-order valence-corrected chi connectivity index (χ1v) is 5.99. The molecule has 0 radical (unpaired) electrons. The minimum atomic E-state index is -0.259. The Balaban J connectivity index is 2.26. The zero-order valence-electron chi connectivity index (χ0n) is 9.87. The number of carbonyl (C=O) groups excluding carboxylic acids is 1. The Morgan fingerprint density at radius 2 is 2.11 bits per heavy atom. The van der Waals surface area contributed by atoms with Crippen molar-refractivity contribution in [2.75, 3.05) is 5.32 Å². The van der Waals surface area contributed by atoms with E-state index in [-0.39, 0.29) is 5.91 Å². The van der Waals surface area contributed by atoms with Crippen molar-refractivity contribution >= 4 is 34.8 Å². The van der Waals surface area contributed by atoms with Crippen LogP contribution in [0.1, 0.15) is 16.1 Å². The summed E-state index contributed by atoms with van der Waals surface area (Å²) in [4.78, 5) is 12.0. The molecule has 1 amide bonds. The van der Waals surface area contributed by atoms with E-state index in [1.54, 1.807) is 43.0 Å². The van der Waals surface area contributed by atoms with Gasteiger partial charge in [0.15, 0.2) is 0 Å². The smallest absolute Gasteiger partial charge is 0.259 e. The molecule has 0 saturated carbocycles. The lowest BCUT2D eigenvalue weighted by atomic mass is 10.2. The molecule has 0 aliphatic heterocycles. The monoisotopic (exact) mass is 283 g/mol. The lowest BCUT2D eigenvalue weighted by Gasteiger charge is -2.06. The van der Waals surface area contributed by atoms with Crippen LogP contribution in [-0.4, -0.2) is 15.7 Å². The van der Waals surface area contributed by atoms with Gasteiger partial charge in [0.1, 0.15) is 0 Å². The van der Waals surface area contributed by atoms with Crippen LogP contribution in [0.25, 0.3) is 0 Å². The molecule has 6 heteroatoms. The lowest BCUT2D eigenvalue weighted by Crippen LogP contribution is -2.12. The molecule has 0 fully saturated rings. The number of nitrogens with one attached hydrogen (secondary N) is 1. The first kappa shape index (κ1) is 12.9. The van der Waals surface area contributed by atoms with E-state index in [4.69, 9.17) is 23.2 Å². The third-order valence-electron chi connectivity index (χ3n) is 2.43. The highest BCUT2D eigenvalue weighted by Crippen LogP contribution is 2.26. The minimum Gasteiger partial charge on any atom is -0.320 e. The second kappa shape index (κ2) is 5.00.